The van der Waals surface area contributed by atoms with Crippen molar-refractivity contribution in [1.82, 2.24) is 0 Å². The van der Waals surface area contributed by atoms with E-state index in [4.69, 9.17) is 14.2 Å². The predicted molar refractivity (Wildman–Crippen MR) is 96.2 cm³/mol. The molecule has 1 atom stereocenters. The third-order valence-corrected chi connectivity index (χ3v) is 3.26. The molecule has 0 aliphatic heterocycles. The van der Waals surface area contributed by atoms with Crippen LogP contribution in [0.3, 0.4) is 0 Å². The Hall–Kier alpha value is -2.82. The van der Waals surface area contributed by atoms with Gasteiger partial charge in [0.05, 0.1) is 14.2 Å². The Morgan fingerprint density at radius 3 is 1.84 bits per heavy atom. The van der Waals surface area contributed by atoms with Gasteiger partial charge in [-0.2, -0.15) is 0 Å². The van der Waals surface area contributed by atoms with Crippen molar-refractivity contribution in [1.29, 1.82) is 0 Å². The lowest BCUT2D eigenvalue weighted by Crippen LogP contribution is -2.19. The van der Waals surface area contributed by atoms with Crippen molar-refractivity contribution in [3.8, 4) is 11.5 Å². The summed E-state index contributed by atoms with van der Waals surface area (Å²) in [5.74, 6) is 0.173. The summed E-state index contributed by atoms with van der Waals surface area (Å²) in [4.78, 5) is 24.2. The van der Waals surface area contributed by atoms with Crippen molar-refractivity contribution >= 4 is 11.8 Å². The SMILES string of the molecule is CC.COc1cc(OC)cc(C(OC(C)=O)C(=O)c2ccccc2)c1. The number of hydrogen-bond acceptors (Lipinski definition) is 5. The summed E-state index contributed by atoms with van der Waals surface area (Å²) in [6.07, 6.45) is -1.06. The number of rotatable bonds is 6. The van der Waals surface area contributed by atoms with Crippen LogP contribution >= 0.6 is 0 Å². The van der Waals surface area contributed by atoms with E-state index in [-0.39, 0.29) is 5.78 Å². The van der Waals surface area contributed by atoms with Crippen molar-refractivity contribution in [2.75, 3.05) is 14.2 Å². The molecule has 0 bridgehead atoms. The molecule has 2 aromatic carbocycles. The number of hydrogen-bond donors (Lipinski definition) is 0. The Balaban J connectivity index is 0.00000151. The van der Waals surface area contributed by atoms with Gasteiger partial charge >= 0.3 is 5.97 Å². The average molecular weight is 344 g/mol. The summed E-state index contributed by atoms with van der Waals surface area (Å²) in [6.45, 7) is 5.27. The van der Waals surface area contributed by atoms with E-state index in [2.05, 4.69) is 0 Å². The van der Waals surface area contributed by atoms with Gasteiger partial charge < -0.3 is 14.2 Å². The first-order chi connectivity index (χ1) is 12.0. The van der Waals surface area contributed by atoms with E-state index in [0.29, 0.717) is 22.6 Å². The van der Waals surface area contributed by atoms with Crippen LogP contribution in [-0.4, -0.2) is 26.0 Å². The maximum atomic E-state index is 12.7. The van der Waals surface area contributed by atoms with Gasteiger partial charge in [0.2, 0.25) is 5.78 Å². The maximum Gasteiger partial charge on any atom is 0.303 e. The number of benzene rings is 2. The highest BCUT2D eigenvalue weighted by Crippen LogP contribution is 2.30. The minimum atomic E-state index is -1.06. The molecule has 2 rings (SSSR count). The predicted octanol–water partition coefficient (Wildman–Crippen LogP) is 4.22. The van der Waals surface area contributed by atoms with Gasteiger partial charge in [0, 0.05) is 24.1 Å². The van der Waals surface area contributed by atoms with Crippen molar-refractivity contribution in [3.63, 3.8) is 0 Å². The first kappa shape index (κ1) is 20.2. The lowest BCUT2D eigenvalue weighted by molar-refractivity contribution is -0.144. The summed E-state index contributed by atoms with van der Waals surface area (Å²) in [5, 5.41) is 0. The molecule has 0 aliphatic carbocycles. The summed E-state index contributed by atoms with van der Waals surface area (Å²) in [5.41, 5.74) is 0.950. The van der Waals surface area contributed by atoms with Gasteiger partial charge in [0.15, 0.2) is 6.10 Å². The molecule has 0 amide bonds. The molecule has 0 aromatic heterocycles. The van der Waals surface area contributed by atoms with Gasteiger partial charge in [-0.1, -0.05) is 44.2 Å². The molecule has 0 aliphatic rings. The minimum Gasteiger partial charge on any atom is -0.497 e. The third-order valence-electron chi connectivity index (χ3n) is 3.26. The zero-order chi connectivity index (χ0) is 18.8. The summed E-state index contributed by atoms with van der Waals surface area (Å²) in [7, 11) is 3.02. The molecule has 0 fully saturated rings. The van der Waals surface area contributed by atoms with E-state index in [1.807, 2.05) is 19.9 Å². The Morgan fingerprint density at radius 1 is 0.880 bits per heavy atom. The fraction of sp³-hybridized carbons (Fsp3) is 0.300. The average Bonchev–Trinajstić information content (AvgIpc) is 2.67. The second kappa shape index (κ2) is 10.1. The van der Waals surface area contributed by atoms with Crippen LogP contribution in [-0.2, 0) is 9.53 Å². The monoisotopic (exact) mass is 344 g/mol. The topological polar surface area (TPSA) is 61.8 Å². The van der Waals surface area contributed by atoms with Crippen molar-refractivity contribution < 1.29 is 23.8 Å². The maximum absolute atomic E-state index is 12.7. The summed E-state index contributed by atoms with van der Waals surface area (Å²) < 4.78 is 15.7. The molecule has 0 heterocycles. The van der Waals surface area contributed by atoms with Crippen LogP contribution < -0.4 is 9.47 Å². The quantitative estimate of drug-likeness (QED) is 0.580. The highest BCUT2D eigenvalue weighted by atomic mass is 16.5. The first-order valence-corrected chi connectivity index (χ1v) is 8.04. The second-order valence-electron chi connectivity index (χ2n) is 4.87. The molecule has 0 spiro atoms. The van der Waals surface area contributed by atoms with E-state index in [1.165, 1.54) is 21.1 Å². The van der Waals surface area contributed by atoms with Crippen LogP contribution in [0.2, 0.25) is 0 Å². The van der Waals surface area contributed by atoms with Gasteiger partial charge in [-0.15, -0.1) is 0 Å². The standard InChI is InChI=1S/C18H18O5.C2H6/c1-12(19)23-18(17(20)13-7-5-4-6-8-13)14-9-15(21-2)11-16(10-14)22-3;1-2/h4-11,18H,1-3H3;1-2H3. The lowest BCUT2D eigenvalue weighted by atomic mass is 9.99. The summed E-state index contributed by atoms with van der Waals surface area (Å²) in [6, 6.07) is 13.7. The van der Waals surface area contributed by atoms with E-state index in [9.17, 15) is 9.59 Å². The van der Waals surface area contributed by atoms with Gasteiger partial charge in [-0.05, 0) is 12.1 Å². The number of ketones is 1. The zero-order valence-corrected chi connectivity index (χ0v) is 15.2. The van der Waals surface area contributed by atoms with Crippen LogP contribution in [0.4, 0.5) is 0 Å². The number of carbonyl (C=O) groups excluding carboxylic acids is 2. The summed E-state index contributed by atoms with van der Waals surface area (Å²) >= 11 is 0. The molecule has 25 heavy (non-hydrogen) atoms. The van der Waals surface area contributed by atoms with E-state index in [1.54, 1.807) is 42.5 Å². The third kappa shape index (κ3) is 5.64. The molecule has 1 unspecified atom stereocenters. The van der Waals surface area contributed by atoms with Gasteiger partial charge in [0.25, 0.3) is 0 Å². The highest BCUT2D eigenvalue weighted by molar-refractivity contribution is 6.01. The largest absolute Gasteiger partial charge is 0.497 e. The molecule has 5 nitrogen and oxygen atoms in total. The smallest absolute Gasteiger partial charge is 0.303 e. The first-order valence-electron chi connectivity index (χ1n) is 8.04. The van der Waals surface area contributed by atoms with Crippen molar-refractivity contribution in [2.45, 2.75) is 26.9 Å². The molecular formula is C20H24O5. The van der Waals surface area contributed by atoms with Crippen molar-refractivity contribution in [3.05, 3.63) is 59.7 Å². The van der Waals surface area contributed by atoms with Crippen LogP contribution in [0.25, 0.3) is 0 Å². The zero-order valence-electron chi connectivity index (χ0n) is 15.2. The Morgan fingerprint density at radius 2 is 1.40 bits per heavy atom. The van der Waals surface area contributed by atoms with E-state index >= 15 is 0 Å². The molecule has 134 valence electrons. The normalized spacial score (nSPS) is 10.8. The van der Waals surface area contributed by atoms with Gasteiger partial charge in [-0.3, -0.25) is 9.59 Å². The van der Waals surface area contributed by atoms with Crippen LogP contribution in [0.1, 0.15) is 42.8 Å². The number of esters is 1. The molecule has 2 aromatic rings. The second-order valence-corrected chi connectivity index (χ2v) is 4.87. The van der Waals surface area contributed by atoms with E-state index in [0.717, 1.165) is 0 Å². The minimum absolute atomic E-state index is 0.309. The molecule has 5 heteroatoms. The van der Waals surface area contributed by atoms with Gasteiger partial charge in [0.1, 0.15) is 11.5 Å². The fourth-order valence-electron chi connectivity index (χ4n) is 2.17. The van der Waals surface area contributed by atoms with Crippen LogP contribution in [0.15, 0.2) is 48.5 Å². The van der Waals surface area contributed by atoms with Crippen molar-refractivity contribution in [2.24, 2.45) is 0 Å². The molecule has 0 radical (unpaired) electrons. The van der Waals surface area contributed by atoms with Crippen LogP contribution in [0, 0.1) is 0 Å². The highest BCUT2D eigenvalue weighted by Gasteiger charge is 2.26. The fourth-order valence-corrected chi connectivity index (χ4v) is 2.17. The Labute approximate surface area is 148 Å². The van der Waals surface area contributed by atoms with Gasteiger partial charge in [-0.25, -0.2) is 0 Å². The number of ether oxygens (including phenoxy) is 3. The number of methoxy groups -OCH3 is 2. The number of Topliss-reactive ketones (excluding diaryl/α,β-unsaturated/α-hetero) is 1. The molecular weight excluding hydrogens is 320 g/mol. The molecule has 0 saturated heterocycles. The van der Waals surface area contributed by atoms with Crippen LogP contribution in [0.5, 0.6) is 11.5 Å². The molecule has 0 saturated carbocycles. The molecule has 0 N–H and O–H groups in total. The Bertz CT molecular complexity index is 672. The number of carbonyl (C=O) groups is 2. The lowest BCUT2D eigenvalue weighted by Gasteiger charge is -2.18. The van der Waals surface area contributed by atoms with E-state index < -0.39 is 12.1 Å². The Kier molecular flexibility index (Phi) is 8.19.